The van der Waals surface area contributed by atoms with E-state index < -0.39 is 0 Å². The maximum Gasteiger partial charge on any atom is 0.317 e. The average molecular weight is 338 g/mol. The Kier molecular flexibility index (Phi) is 6.90. The number of likely N-dealkylation sites (tertiary alicyclic amines) is 1. The van der Waals surface area contributed by atoms with E-state index in [0.717, 1.165) is 39.1 Å². The van der Waals surface area contributed by atoms with Crippen LogP contribution in [0.25, 0.3) is 0 Å². The Bertz CT molecular complexity index is 457. The van der Waals surface area contributed by atoms with Crippen LogP contribution in [-0.2, 0) is 6.42 Å². The number of nitrogens with zero attached hydrogens (tertiary/aromatic N) is 2. The van der Waals surface area contributed by atoms with Crippen molar-refractivity contribution in [2.45, 2.75) is 40.2 Å². The predicted octanol–water partition coefficient (Wildman–Crippen LogP) is 3.30. The largest absolute Gasteiger partial charge is 0.338 e. The molecule has 5 heteroatoms. The fraction of sp³-hybridized carbons (Fsp3) is 0.722. The molecule has 0 aliphatic carbocycles. The van der Waals surface area contributed by atoms with Gasteiger partial charge in [-0.05, 0) is 29.7 Å². The molecule has 1 aromatic rings. The topological polar surface area (TPSA) is 35.6 Å². The Morgan fingerprint density at radius 3 is 2.48 bits per heavy atom. The summed E-state index contributed by atoms with van der Waals surface area (Å²) < 4.78 is 0. The molecule has 0 aromatic carbocycles. The van der Waals surface area contributed by atoms with Crippen LogP contribution in [0.2, 0.25) is 0 Å². The molecule has 0 bridgehead atoms. The minimum absolute atomic E-state index is 0.0897. The normalized spacial score (nSPS) is 15.5. The summed E-state index contributed by atoms with van der Waals surface area (Å²) in [5.41, 5.74) is 0. The molecular weight excluding hydrogens is 306 g/mol. The summed E-state index contributed by atoms with van der Waals surface area (Å²) in [6.07, 6.45) is 0.924. The first-order valence-electron chi connectivity index (χ1n) is 8.75. The van der Waals surface area contributed by atoms with Crippen molar-refractivity contribution < 1.29 is 4.79 Å². The molecule has 1 aliphatic heterocycles. The lowest BCUT2D eigenvalue weighted by Gasteiger charge is -2.46. The van der Waals surface area contributed by atoms with E-state index in [1.54, 1.807) is 11.3 Å². The molecule has 0 atom stereocenters. The van der Waals surface area contributed by atoms with Crippen molar-refractivity contribution in [2.75, 3.05) is 32.7 Å². The summed E-state index contributed by atoms with van der Waals surface area (Å²) in [6.45, 7) is 13.8. The van der Waals surface area contributed by atoms with Crippen molar-refractivity contribution in [1.29, 1.82) is 0 Å². The SMILES string of the molecule is CC(C)CN(CC(C)C)C1CN(C(=O)NCCc2cccs2)C1. The summed E-state index contributed by atoms with van der Waals surface area (Å²) in [6, 6.07) is 4.79. The minimum atomic E-state index is 0.0897. The van der Waals surface area contributed by atoms with Crippen LogP contribution in [0.4, 0.5) is 4.79 Å². The molecule has 1 N–H and O–H groups in total. The number of rotatable bonds is 8. The third kappa shape index (κ3) is 5.81. The molecule has 2 rings (SSSR count). The predicted molar refractivity (Wildman–Crippen MR) is 98.0 cm³/mol. The standard InChI is InChI=1S/C18H31N3OS/c1-14(2)10-20(11-15(3)4)16-12-21(13-16)18(22)19-8-7-17-6-5-9-23-17/h5-6,9,14-16H,7-8,10-13H2,1-4H3,(H,19,22). The lowest BCUT2D eigenvalue weighted by molar-refractivity contribution is 0.0425. The van der Waals surface area contributed by atoms with Crippen molar-refractivity contribution in [3.63, 3.8) is 0 Å². The van der Waals surface area contributed by atoms with Gasteiger partial charge in [-0.15, -0.1) is 11.3 Å². The number of urea groups is 1. The van der Waals surface area contributed by atoms with Crippen molar-refractivity contribution in [1.82, 2.24) is 15.1 Å². The molecule has 1 saturated heterocycles. The average Bonchev–Trinajstić information content (AvgIpc) is 2.88. The van der Waals surface area contributed by atoms with Gasteiger partial charge in [0.25, 0.3) is 0 Å². The third-order valence-corrected chi connectivity index (χ3v) is 5.03. The van der Waals surface area contributed by atoms with E-state index in [1.807, 2.05) is 4.90 Å². The highest BCUT2D eigenvalue weighted by Crippen LogP contribution is 2.18. The Morgan fingerprint density at radius 2 is 1.96 bits per heavy atom. The van der Waals surface area contributed by atoms with Crippen molar-refractivity contribution in [2.24, 2.45) is 11.8 Å². The number of nitrogens with one attached hydrogen (secondary N) is 1. The van der Waals surface area contributed by atoms with Gasteiger partial charge < -0.3 is 10.2 Å². The number of thiophene rings is 1. The fourth-order valence-corrected chi connectivity index (χ4v) is 3.73. The van der Waals surface area contributed by atoms with E-state index in [9.17, 15) is 4.79 Å². The molecule has 0 spiro atoms. The van der Waals surface area contributed by atoms with E-state index in [4.69, 9.17) is 0 Å². The molecule has 2 heterocycles. The van der Waals surface area contributed by atoms with Crippen LogP contribution in [0, 0.1) is 11.8 Å². The number of hydrogen-bond donors (Lipinski definition) is 1. The molecule has 1 aromatic heterocycles. The first-order chi connectivity index (χ1) is 11.0. The second kappa shape index (κ2) is 8.69. The zero-order valence-electron chi connectivity index (χ0n) is 14.9. The molecule has 2 amide bonds. The molecule has 0 radical (unpaired) electrons. The summed E-state index contributed by atoms with van der Waals surface area (Å²) in [5.74, 6) is 1.34. The van der Waals surface area contributed by atoms with Gasteiger partial charge in [-0.25, -0.2) is 4.79 Å². The molecule has 4 nitrogen and oxygen atoms in total. The zero-order chi connectivity index (χ0) is 16.8. The maximum absolute atomic E-state index is 12.2. The lowest BCUT2D eigenvalue weighted by Crippen LogP contribution is -2.63. The van der Waals surface area contributed by atoms with E-state index in [-0.39, 0.29) is 6.03 Å². The lowest BCUT2D eigenvalue weighted by atomic mass is 10.0. The van der Waals surface area contributed by atoms with Gasteiger partial charge in [0.05, 0.1) is 0 Å². The van der Waals surface area contributed by atoms with Gasteiger partial charge in [-0.3, -0.25) is 4.90 Å². The van der Waals surface area contributed by atoms with Crippen molar-refractivity contribution in [3.05, 3.63) is 22.4 Å². The highest BCUT2D eigenvalue weighted by molar-refractivity contribution is 7.09. The minimum Gasteiger partial charge on any atom is -0.338 e. The van der Waals surface area contributed by atoms with Gasteiger partial charge in [-0.2, -0.15) is 0 Å². The van der Waals surface area contributed by atoms with Crippen LogP contribution < -0.4 is 5.32 Å². The Morgan fingerprint density at radius 1 is 1.30 bits per heavy atom. The van der Waals surface area contributed by atoms with Crippen molar-refractivity contribution >= 4 is 17.4 Å². The number of carbonyl (C=O) groups excluding carboxylic acids is 1. The highest BCUT2D eigenvalue weighted by Gasteiger charge is 2.34. The zero-order valence-corrected chi connectivity index (χ0v) is 15.7. The Hall–Kier alpha value is -1.07. The van der Waals surface area contributed by atoms with Crippen LogP contribution in [0.1, 0.15) is 32.6 Å². The van der Waals surface area contributed by atoms with Gasteiger partial charge in [0, 0.05) is 43.6 Å². The number of amides is 2. The van der Waals surface area contributed by atoms with E-state index in [0.29, 0.717) is 17.9 Å². The van der Waals surface area contributed by atoms with Gasteiger partial charge in [0.15, 0.2) is 0 Å². The second-order valence-electron chi connectivity index (χ2n) is 7.36. The molecule has 0 saturated carbocycles. The smallest absolute Gasteiger partial charge is 0.317 e. The quantitative estimate of drug-likeness (QED) is 0.790. The number of hydrogen-bond acceptors (Lipinski definition) is 3. The number of carbonyl (C=O) groups is 1. The summed E-state index contributed by atoms with van der Waals surface area (Å²) in [5, 5.41) is 5.12. The summed E-state index contributed by atoms with van der Waals surface area (Å²) in [7, 11) is 0. The Labute approximate surface area is 144 Å². The first-order valence-corrected chi connectivity index (χ1v) is 9.63. The molecule has 130 valence electrons. The third-order valence-electron chi connectivity index (χ3n) is 4.09. The van der Waals surface area contributed by atoms with E-state index in [1.165, 1.54) is 4.88 Å². The molecular formula is C18H31N3OS. The second-order valence-corrected chi connectivity index (χ2v) is 8.39. The van der Waals surface area contributed by atoms with Crippen LogP contribution in [0.5, 0.6) is 0 Å². The van der Waals surface area contributed by atoms with Gasteiger partial charge in [0.1, 0.15) is 0 Å². The molecule has 1 aliphatic rings. The van der Waals surface area contributed by atoms with Crippen LogP contribution >= 0.6 is 11.3 Å². The van der Waals surface area contributed by atoms with Gasteiger partial charge in [0.2, 0.25) is 0 Å². The molecule has 0 unspecified atom stereocenters. The van der Waals surface area contributed by atoms with Crippen LogP contribution in [0.3, 0.4) is 0 Å². The highest BCUT2D eigenvalue weighted by atomic mass is 32.1. The summed E-state index contributed by atoms with van der Waals surface area (Å²) >= 11 is 1.75. The van der Waals surface area contributed by atoms with Crippen LogP contribution in [-0.4, -0.2) is 54.6 Å². The van der Waals surface area contributed by atoms with Crippen LogP contribution in [0.15, 0.2) is 17.5 Å². The monoisotopic (exact) mass is 337 g/mol. The molecule has 1 fully saturated rings. The summed E-state index contributed by atoms with van der Waals surface area (Å²) in [4.78, 5) is 18.0. The van der Waals surface area contributed by atoms with Gasteiger partial charge in [-0.1, -0.05) is 33.8 Å². The fourth-order valence-electron chi connectivity index (χ4n) is 3.02. The van der Waals surface area contributed by atoms with Crippen molar-refractivity contribution in [3.8, 4) is 0 Å². The Balaban J connectivity index is 1.69. The molecule has 23 heavy (non-hydrogen) atoms. The first kappa shape index (κ1) is 18.3. The maximum atomic E-state index is 12.2. The van der Waals surface area contributed by atoms with E-state index in [2.05, 4.69) is 55.4 Å². The van der Waals surface area contributed by atoms with Gasteiger partial charge >= 0.3 is 6.03 Å². The van der Waals surface area contributed by atoms with E-state index >= 15 is 0 Å².